The molecule has 1 heterocycles. The fraction of sp³-hybridized carbons (Fsp3) is 0.231. The number of methoxy groups -OCH3 is 1. The standard InChI is InChI=1S/C26H27N3O2/c1-29-24-15-12-21(27-26(30)17-11-20-8-13-22(31-2)14-9-20)18-23(24)28-25(29)16-10-19-6-4-3-5-7-19/h3-9,12-15,18H,10-11,16-17H2,1-2H3,(H,27,30). The number of fused-ring (bicyclic) bond motifs is 1. The predicted octanol–water partition coefficient (Wildman–Crippen LogP) is 4.94. The molecular formula is C26H27N3O2. The van der Waals surface area contributed by atoms with Crippen molar-refractivity contribution in [1.29, 1.82) is 0 Å². The van der Waals surface area contributed by atoms with Crippen LogP contribution in [0.5, 0.6) is 5.75 Å². The number of hydrogen-bond donors (Lipinski definition) is 1. The topological polar surface area (TPSA) is 56.1 Å². The smallest absolute Gasteiger partial charge is 0.224 e. The molecule has 0 aliphatic carbocycles. The molecule has 0 atom stereocenters. The number of nitrogens with one attached hydrogen (secondary N) is 1. The molecule has 1 amide bonds. The van der Waals surface area contributed by atoms with Crippen LogP contribution in [0.1, 0.15) is 23.4 Å². The number of anilines is 1. The van der Waals surface area contributed by atoms with Gasteiger partial charge in [-0.2, -0.15) is 0 Å². The number of aromatic nitrogens is 2. The van der Waals surface area contributed by atoms with E-state index < -0.39 is 0 Å². The van der Waals surface area contributed by atoms with E-state index in [1.165, 1.54) is 5.56 Å². The molecule has 0 saturated heterocycles. The third-order valence-corrected chi connectivity index (χ3v) is 5.54. The molecule has 0 unspecified atom stereocenters. The Morgan fingerprint density at radius 1 is 0.935 bits per heavy atom. The van der Waals surface area contributed by atoms with Gasteiger partial charge < -0.3 is 14.6 Å². The average molecular weight is 414 g/mol. The molecule has 0 bridgehead atoms. The molecule has 31 heavy (non-hydrogen) atoms. The van der Waals surface area contributed by atoms with Gasteiger partial charge in [0.25, 0.3) is 0 Å². The van der Waals surface area contributed by atoms with E-state index in [4.69, 9.17) is 9.72 Å². The van der Waals surface area contributed by atoms with E-state index in [9.17, 15) is 4.79 Å². The predicted molar refractivity (Wildman–Crippen MR) is 125 cm³/mol. The fourth-order valence-electron chi connectivity index (χ4n) is 3.73. The summed E-state index contributed by atoms with van der Waals surface area (Å²) in [5, 5.41) is 3.00. The van der Waals surface area contributed by atoms with Crippen molar-refractivity contribution >= 4 is 22.6 Å². The van der Waals surface area contributed by atoms with Crippen LogP contribution < -0.4 is 10.1 Å². The van der Waals surface area contributed by atoms with Crippen LogP contribution in [-0.2, 0) is 31.1 Å². The molecule has 1 aromatic heterocycles. The normalized spacial score (nSPS) is 10.9. The van der Waals surface area contributed by atoms with Crippen molar-refractivity contribution in [3.63, 3.8) is 0 Å². The highest BCUT2D eigenvalue weighted by molar-refractivity contribution is 5.93. The zero-order valence-electron chi connectivity index (χ0n) is 18.0. The van der Waals surface area contributed by atoms with E-state index in [0.29, 0.717) is 12.8 Å². The molecular weight excluding hydrogens is 386 g/mol. The van der Waals surface area contributed by atoms with Crippen LogP contribution in [0.3, 0.4) is 0 Å². The maximum atomic E-state index is 12.4. The van der Waals surface area contributed by atoms with E-state index in [-0.39, 0.29) is 5.91 Å². The van der Waals surface area contributed by atoms with Crippen LogP contribution >= 0.6 is 0 Å². The highest BCUT2D eigenvalue weighted by atomic mass is 16.5. The summed E-state index contributed by atoms with van der Waals surface area (Å²) < 4.78 is 7.30. The number of ether oxygens (including phenoxy) is 1. The third kappa shape index (κ3) is 5.12. The molecule has 4 rings (SSSR count). The lowest BCUT2D eigenvalue weighted by atomic mass is 10.1. The van der Waals surface area contributed by atoms with Crippen LogP contribution in [0.25, 0.3) is 11.0 Å². The highest BCUT2D eigenvalue weighted by Gasteiger charge is 2.10. The Morgan fingerprint density at radius 3 is 2.42 bits per heavy atom. The highest BCUT2D eigenvalue weighted by Crippen LogP contribution is 2.21. The van der Waals surface area contributed by atoms with Crippen LogP contribution in [0, 0.1) is 0 Å². The minimum Gasteiger partial charge on any atom is -0.497 e. The van der Waals surface area contributed by atoms with Gasteiger partial charge in [0.05, 0.1) is 18.1 Å². The Kier molecular flexibility index (Phi) is 6.32. The van der Waals surface area contributed by atoms with Gasteiger partial charge in [-0.15, -0.1) is 0 Å². The van der Waals surface area contributed by atoms with E-state index in [0.717, 1.165) is 46.7 Å². The Hall–Kier alpha value is -3.60. The van der Waals surface area contributed by atoms with Crippen LogP contribution in [0.15, 0.2) is 72.8 Å². The molecule has 3 aromatic carbocycles. The molecule has 0 fully saturated rings. The summed E-state index contributed by atoms with van der Waals surface area (Å²) in [6.07, 6.45) is 2.94. The molecule has 5 heteroatoms. The first kappa shape index (κ1) is 20.7. The first-order chi connectivity index (χ1) is 15.1. The van der Waals surface area contributed by atoms with Crippen molar-refractivity contribution < 1.29 is 9.53 Å². The SMILES string of the molecule is COc1ccc(CCC(=O)Nc2ccc3c(c2)nc(CCc2ccccc2)n3C)cc1. The number of hydrogen-bond acceptors (Lipinski definition) is 3. The van der Waals surface area contributed by atoms with Gasteiger partial charge in [0, 0.05) is 25.6 Å². The van der Waals surface area contributed by atoms with Gasteiger partial charge in [0.15, 0.2) is 0 Å². The second-order valence-corrected chi connectivity index (χ2v) is 7.67. The van der Waals surface area contributed by atoms with Gasteiger partial charge in [0.2, 0.25) is 5.91 Å². The Morgan fingerprint density at radius 2 is 1.68 bits per heavy atom. The monoisotopic (exact) mass is 413 g/mol. The molecule has 158 valence electrons. The summed E-state index contributed by atoms with van der Waals surface area (Å²) >= 11 is 0. The van der Waals surface area contributed by atoms with E-state index in [1.54, 1.807) is 7.11 Å². The number of imidazole rings is 1. The Balaban J connectivity index is 1.38. The number of benzene rings is 3. The minimum atomic E-state index is -0.00426. The summed E-state index contributed by atoms with van der Waals surface area (Å²) in [5.41, 5.74) is 5.16. The maximum absolute atomic E-state index is 12.4. The van der Waals surface area contributed by atoms with Crippen molar-refractivity contribution in [2.24, 2.45) is 7.05 Å². The third-order valence-electron chi connectivity index (χ3n) is 5.54. The fourth-order valence-corrected chi connectivity index (χ4v) is 3.73. The molecule has 1 N–H and O–H groups in total. The first-order valence-corrected chi connectivity index (χ1v) is 10.5. The van der Waals surface area contributed by atoms with Crippen LogP contribution in [0.4, 0.5) is 5.69 Å². The number of carbonyl (C=O) groups is 1. The molecule has 0 aliphatic heterocycles. The van der Waals surface area contributed by atoms with Crippen LogP contribution in [-0.4, -0.2) is 22.6 Å². The second kappa shape index (κ2) is 9.47. The van der Waals surface area contributed by atoms with Gasteiger partial charge >= 0.3 is 0 Å². The largest absolute Gasteiger partial charge is 0.497 e. The zero-order valence-corrected chi connectivity index (χ0v) is 18.0. The average Bonchev–Trinajstić information content (AvgIpc) is 3.12. The van der Waals surface area contributed by atoms with Crippen molar-refractivity contribution in [3.8, 4) is 5.75 Å². The summed E-state index contributed by atoms with van der Waals surface area (Å²) in [5.74, 6) is 1.86. The van der Waals surface area contributed by atoms with Gasteiger partial charge in [-0.1, -0.05) is 42.5 Å². The Labute approximate surface area is 182 Å². The van der Waals surface area contributed by atoms with Gasteiger partial charge in [0.1, 0.15) is 11.6 Å². The quantitative estimate of drug-likeness (QED) is 0.445. The Bertz CT molecular complexity index is 1160. The van der Waals surface area contributed by atoms with Gasteiger partial charge in [-0.25, -0.2) is 4.98 Å². The van der Waals surface area contributed by atoms with E-state index in [2.05, 4.69) is 34.1 Å². The maximum Gasteiger partial charge on any atom is 0.224 e. The molecule has 0 radical (unpaired) electrons. The van der Waals surface area contributed by atoms with Crippen LogP contribution in [0.2, 0.25) is 0 Å². The summed E-state index contributed by atoms with van der Waals surface area (Å²) in [7, 11) is 3.69. The summed E-state index contributed by atoms with van der Waals surface area (Å²) in [6, 6.07) is 24.2. The second-order valence-electron chi connectivity index (χ2n) is 7.67. The van der Waals surface area contributed by atoms with Crippen molar-refractivity contribution in [1.82, 2.24) is 9.55 Å². The minimum absolute atomic E-state index is 0.00426. The zero-order chi connectivity index (χ0) is 21.6. The molecule has 5 nitrogen and oxygen atoms in total. The van der Waals surface area contributed by atoms with Gasteiger partial charge in [-0.05, 0) is 54.3 Å². The first-order valence-electron chi connectivity index (χ1n) is 10.5. The lowest BCUT2D eigenvalue weighted by molar-refractivity contribution is -0.116. The van der Waals surface area contributed by atoms with Crippen molar-refractivity contribution in [3.05, 3.63) is 89.7 Å². The lowest BCUT2D eigenvalue weighted by Crippen LogP contribution is -2.12. The van der Waals surface area contributed by atoms with Crippen molar-refractivity contribution in [2.45, 2.75) is 25.7 Å². The molecule has 0 spiro atoms. The van der Waals surface area contributed by atoms with E-state index >= 15 is 0 Å². The molecule has 4 aromatic rings. The number of nitrogens with zero attached hydrogens (tertiary/aromatic N) is 2. The molecule has 0 saturated carbocycles. The summed E-state index contributed by atoms with van der Waals surface area (Å²) in [6.45, 7) is 0. The number of aryl methyl sites for hydroxylation is 4. The summed E-state index contributed by atoms with van der Waals surface area (Å²) in [4.78, 5) is 17.2. The van der Waals surface area contributed by atoms with Crippen molar-refractivity contribution in [2.75, 3.05) is 12.4 Å². The lowest BCUT2D eigenvalue weighted by Gasteiger charge is -2.06. The number of amides is 1. The number of rotatable bonds is 8. The van der Waals surface area contributed by atoms with Gasteiger partial charge in [-0.3, -0.25) is 4.79 Å². The number of carbonyl (C=O) groups excluding carboxylic acids is 1. The van der Waals surface area contributed by atoms with E-state index in [1.807, 2.05) is 55.6 Å². The molecule has 0 aliphatic rings.